The molecule has 4 heteroatoms. The van der Waals surface area contributed by atoms with Crippen LogP contribution in [0.3, 0.4) is 0 Å². The smallest absolute Gasteiger partial charge is 0.141 e. The van der Waals surface area contributed by atoms with Crippen LogP contribution < -0.4 is 10.9 Å². The molecule has 2 aromatic rings. The Morgan fingerprint density at radius 2 is 1.76 bits per heavy atom. The maximum atomic E-state index is 13.6. The van der Waals surface area contributed by atoms with Crippen LogP contribution in [0.5, 0.6) is 0 Å². The van der Waals surface area contributed by atoms with Gasteiger partial charge in [0.05, 0.1) is 4.47 Å². The van der Waals surface area contributed by atoms with E-state index in [0.29, 0.717) is 16.6 Å². The number of halogens is 2. The van der Waals surface area contributed by atoms with Crippen LogP contribution >= 0.6 is 15.9 Å². The molecule has 0 atom stereocenters. The topological polar surface area (TPSA) is 24.1 Å². The molecule has 0 aliphatic heterocycles. The molecule has 0 spiro atoms. The third-order valence-corrected chi connectivity index (χ3v) is 2.93. The van der Waals surface area contributed by atoms with Crippen molar-refractivity contribution in [2.24, 2.45) is 0 Å². The molecule has 0 fully saturated rings. The van der Waals surface area contributed by atoms with E-state index in [9.17, 15) is 4.39 Å². The molecular weight excluding hydrogens is 283 g/mol. The lowest BCUT2D eigenvalue weighted by atomic mass is 10.2. The quantitative estimate of drug-likeness (QED) is 0.840. The van der Waals surface area contributed by atoms with Crippen molar-refractivity contribution in [1.82, 2.24) is 5.43 Å². The molecule has 0 radical (unpaired) electrons. The van der Waals surface area contributed by atoms with Gasteiger partial charge >= 0.3 is 0 Å². The van der Waals surface area contributed by atoms with Gasteiger partial charge < -0.3 is 5.43 Å². The minimum atomic E-state index is -0.227. The largest absolute Gasteiger partial charge is 0.321 e. The van der Waals surface area contributed by atoms with Gasteiger partial charge in [0.25, 0.3) is 0 Å². The summed E-state index contributed by atoms with van der Waals surface area (Å²) >= 11 is 3.16. The second kappa shape index (κ2) is 5.80. The van der Waals surface area contributed by atoms with Gasteiger partial charge in [-0.3, -0.25) is 0 Å². The van der Waals surface area contributed by atoms with Crippen LogP contribution in [-0.2, 0) is 6.54 Å². The molecule has 88 valence electrons. The predicted octanol–water partition coefficient (Wildman–Crippen LogP) is 3.70. The molecule has 0 saturated heterocycles. The fraction of sp³-hybridized carbons (Fsp3) is 0.0769. The highest BCUT2D eigenvalue weighted by atomic mass is 79.9. The van der Waals surface area contributed by atoms with Crippen LogP contribution in [0.15, 0.2) is 53.0 Å². The van der Waals surface area contributed by atoms with Gasteiger partial charge in [0.2, 0.25) is 0 Å². The van der Waals surface area contributed by atoms with E-state index in [2.05, 4.69) is 26.8 Å². The fourth-order valence-corrected chi connectivity index (χ4v) is 1.86. The fourth-order valence-electron chi connectivity index (χ4n) is 1.45. The number of hydrazine groups is 1. The van der Waals surface area contributed by atoms with Gasteiger partial charge in [-0.25, -0.2) is 9.82 Å². The van der Waals surface area contributed by atoms with Crippen molar-refractivity contribution in [1.29, 1.82) is 0 Å². The van der Waals surface area contributed by atoms with Crippen LogP contribution in [0.2, 0.25) is 0 Å². The summed E-state index contributed by atoms with van der Waals surface area (Å²) in [7, 11) is 0. The maximum Gasteiger partial charge on any atom is 0.141 e. The molecule has 2 rings (SSSR count). The predicted molar refractivity (Wildman–Crippen MR) is 71.0 cm³/mol. The van der Waals surface area contributed by atoms with Crippen LogP contribution in [-0.4, -0.2) is 0 Å². The third-order valence-electron chi connectivity index (χ3n) is 2.32. The number of benzene rings is 2. The third kappa shape index (κ3) is 3.28. The molecule has 0 unspecified atom stereocenters. The number of hydrogen-bond donors (Lipinski definition) is 2. The Hall–Kier alpha value is -1.39. The molecule has 0 aliphatic carbocycles. The van der Waals surface area contributed by atoms with E-state index in [-0.39, 0.29) is 5.82 Å². The highest BCUT2D eigenvalue weighted by Crippen LogP contribution is 2.18. The molecule has 0 aromatic heterocycles. The van der Waals surface area contributed by atoms with Gasteiger partial charge in [-0.05, 0) is 34.1 Å². The van der Waals surface area contributed by atoms with Gasteiger partial charge in [0.15, 0.2) is 0 Å². The number of anilines is 1. The van der Waals surface area contributed by atoms with Crippen molar-refractivity contribution >= 4 is 21.6 Å². The van der Waals surface area contributed by atoms with Crippen LogP contribution in [0.4, 0.5) is 10.1 Å². The van der Waals surface area contributed by atoms with E-state index < -0.39 is 0 Å². The molecule has 0 heterocycles. The van der Waals surface area contributed by atoms with Gasteiger partial charge in [-0.15, -0.1) is 0 Å². The maximum absolute atomic E-state index is 13.6. The monoisotopic (exact) mass is 294 g/mol. The van der Waals surface area contributed by atoms with E-state index in [0.717, 1.165) is 5.69 Å². The summed E-state index contributed by atoms with van der Waals surface area (Å²) in [6.07, 6.45) is 0. The van der Waals surface area contributed by atoms with Crippen LogP contribution in [0.1, 0.15) is 5.56 Å². The normalized spacial score (nSPS) is 10.2. The number of rotatable bonds is 4. The second-order valence-corrected chi connectivity index (χ2v) is 4.41. The molecule has 0 aliphatic rings. The van der Waals surface area contributed by atoms with Crippen molar-refractivity contribution in [2.75, 3.05) is 5.43 Å². The second-order valence-electron chi connectivity index (χ2n) is 3.56. The molecule has 0 saturated carbocycles. The lowest BCUT2D eigenvalue weighted by molar-refractivity contribution is 0.594. The van der Waals surface area contributed by atoms with E-state index in [4.69, 9.17) is 0 Å². The highest BCUT2D eigenvalue weighted by Gasteiger charge is 2.04. The Kier molecular flexibility index (Phi) is 4.12. The summed E-state index contributed by atoms with van der Waals surface area (Å²) in [5.74, 6) is -0.227. The first-order chi connectivity index (χ1) is 8.27. The first-order valence-corrected chi connectivity index (χ1v) is 6.03. The standard InChI is InChI=1S/C13H12BrFN2/c14-12-8-4-5-10(13(12)15)9-16-17-11-6-2-1-3-7-11/h1-8,16-17H,9H2. The SMILES string of the molecule is Fc1c(Br)cccc1CNNc1ccccc1. The number of hydrogen-bond acceptors (Lipinski definition) is 2. The first kappa shape index (κ1) is 12.1. The molecule has 0 bridgehead atoms. The van der Waals surface area contributed by atoms with Gasteiger partial charge in [0, 0.05) is 17.8 Å². The Morgan fingerprint density at radius 3 is 2.53 bits per heavy atom. The lowest BCUT2D eigenvalue weighted by Crippen LogP contribution is -2.21. The van der Waals surface area contributed by atoms with Crippen LogP contribution in [0.25, 0.3) is 0 Å². The van der Waals surface area contributed by atoms with Gasteiger partial charge in [-0.2, -0.15) is 0 Å². The molecule has 17 heavy (non-hydrogen) atoms. The lowest BCUT2D eigenvalue weighted by Gasteiger charge is -2.09. The van der Waals surface area contributed by atoms with Gasteiger partial charge in [-0.1, -0.05) is 30.3 Å². The number of para-hydroxylation sites is 1. The Morgan fingerprint density at radius 1 is 1.00 bits per heavy atom. The van der Waals surface area contributed by atoms with Crippen molar-refractivity contribution in [3.63, 3.8) is 0 Å². The summed E-state index contributed by atoms with van der Waals surface area (Å²) in [6, 6.07) is 14.9. The summed E-state index contributed by atoms with van der Waals surface area (Å²) in [5.41, 5.74) is 7.54. The average molecular weight is 295 g/mol. The highest BCUT2D eigenvalue weighted by molar-refractivity contribution is 9.10. The van der Waals surface area contributed by atoms with Crippen molar-refractivity contribution in [2.45, 2.75) is 6.54 Å². The van der Waals surface area contributed by atoms with Crippen molar-refractivity contribution < 1.29 is 4.39 Å². The Bertz CT molecular complexity index is 488. The number of nitrogens with one attached hydrogen (secondary N) is 2. The summed E-state index contributed by atoms with van der Waals surface area (Å²) < 4.78 is 14.1. The minimum absolute atomic E-state index is 0.227. The van der Waals surface area contributed by atoms with Crippen molar-refractivity contribution in [3.05, 3.63) is 64.4 Å². The van der Waals surface area contributed by atoms with E-state index >= 15 is 0 Å². The Labute approximate surface area is 108 Å². The average Bonchev–Trinajstić information content (AvgIpc) is 2.36. The zero-order valence-corrected chi connectivity index (χ0v) is 10.7. The molecular formula is C13H12BrFN2. The van der Waals surface area contributed by atoms with Crippen LogP contribution in [0, 0.1) is 5.82 Å². The van der Waals surface area contributed by atoms with Gasteiger partial charge in [0.1, 0.15) is 5.82 Å². The van der Waals surface area contributed by atoms with Crippen molar-refractivity contribution in [3.8, 4) is 0 Å². The first-order valence-electron chi connectivity index (χ1n) is 5.24. The molecule has 2 nitrogen and oxygen atoms in total. The van der Waals surface area contributed by atoms with E-state index in [1.165, 1.54) is 0 Å². The molecule has 0 amide bonds. The van der Waals surface area contributed by atoms with E-state index in [1.54, 1.807) is 12.1 Å². The Balaban J connectivity index is 1.93. The minimum Gasteiger partial charge on any atom is -0.321 e. The molecule has 2 aromatic carbocycles. The molecule has 2 N–H and O–H groups in total. The zero-order chi connectivity index (χ0) is 12.1. The summed E-state index contributed by atoms with van der Waals surface area (Å²) in [4.78, 5) is 0. The van der Waals surface area contributed by atoms with E-state index in [1.807, 2.05) is 36.4 Å². The zero-order valence-electron chi connectivity index (χ0n) is 9.08. The summed E-state index contributed by atoms with van der Waals surface area (Å²) in [6.45, 7) is 0.417. The summed E-state index contributed by atoms with van der Waals surface area (Å²) in [5, 5.41) is 0.